The molecule has 2 saturated heterocycles. The maximum absolute atomic E-state index is 4.53. The molecule has 0 radical (unpaired) electrons. The third kappa shape index (κ3) is 2.84. The zero-order valence-corrected chi connectivity index (χ0v) is 12.3. The van der Waals surface area contributed by atoms with Crippen LogP contribution in [0.2, 0.25) is 0 Å². The van der Waals surface area contributed by atoms with Crippen molar-refractivity contribution in [3.05, 3.63) is 18.2 Å². The molecule has 3 heterocycles. The van der Waals surface area contributed by atoms with Crippen LogP contribution >= 0.6 is 0 Å². The van der Waals surface area contributed by atoms with Crippen molar-refractivity contribution in [2.75, 3.05) is 26.2 Å². The topological polar surface area (TPSA) is 24.3 Å². The van der Waals surface area contributed by atoms with E-state index in [9.17, 15) is 0 Å². The van der Waals surface area contributed by atoms with Crippen LogP contribution in [-0.2, 0) is 6.54 Å². The summed E-state index contributed by atoms with van der Waals surface area (Å²) >= 11 is 0. The van der Waals surface area contributed by atoms with E-state index in [2.05, 4.69) is 39.4 Å². The predicted molar refractivity (Wildman–Crippen MR) is 77.1 cm³/mol. The second-order valence-corrected chi connectivity index (χ2v) is 6.27. The number of likely N-dealkylation sites (tertiary alicyclic amines) is 2. The van der Waals surface area contributed by atoms with Gasteiger partial charge < -0.3 is 4.57 Å². The van der Waals surface area contributed by atoms with Crippen molar-refractivity contribution < 1.29 is 0 Å². The van der Waals surface area contributed by atoms with Gasteiger partial charge in [-0.2, -0.15) is 0 Å². The fourth-order valence-electron chi connectivity index (χ4n) is 3.50. The maximum Gasteiger partial charge on any atom is 0.123 e. The zero-order chi connectivity index (χ0) is 13.2. The molecule has 106 valence electrons. The SMILES string of the molecule is CC(C)n1ccnc1CN1CCC(N2CCCC2)C1. The lowest BCUT2D eigenvalue weighted by Crippen LogP contribution is -2.35. The Morgan fingerprint density at radius 3 is 2.79 bits per heavy atom. The van der Waals surface area contributed by atoms with Gasteiger partial charge in [-0.3, -0.25) is 9.80 Å². The molecule has 0 saturated carbocycles. The van der Waals surface area contributed by atoms with Gasteiger partial charge in [-0.05, 0) is 46.2 Å². The normalized spacial score (nSPS) is 25.7. The third-order valence-corrected chi connectivity index (χ3v) is 4.57. The van der Waals surface area contributed by atoms with Crippen molar-refractivity contribution in [2.24, 2.45) is 0 Å². The second-order valence-electron chi connectivity index (χ2n) is 6.27. The highest BCUT2D eigenvalue weighted by Crippen LogP contribution is 2.22. The van der Waals surface area contributed by atoms with Crippen molar-refractivity contribution in [1.29, 1.82) is 0 Å². The fourth-order valence-corrected chi connectivity index (χ4v) is 3.50. The molecule has 0 amide bonds. The minimum Gasteiger partial charge on any atom is -0.331 e. The van der Waals surface area contributed by atoms with Crippen LogP contribution in [0.15, 0.2) is 12.4 Å². The van der Waals surface area contributed by atoms with Gasteiger partial charge in [-0.25, -0.2) is 4.98 Å². The van der Waals surface area contributed by atoms with Gasteiger partial charge in [0.05, 0.1) is 6.54 Å². The molecule has 19 heavy (non-hydrogen) atoms. The summed E-state index contributed by atoms with van der Waals surface area (Å²) in [7, 11) is 0. The first-order valence-corrected chi connectivity index (χ1v) is 7.72. The Bertz CT molecular complexity index is 406. The molecule has 1 aromatic rings. The number of hydrogen-bond donors (Lipinski definition) is 0. The van der Waals surface area contributed by atoms with Crippen molar-refractivity contribution in [1.82, 2.24) is 19.4 Å². The van der Waals surface area contributed by atoms with Gasteiger partial charge in [0.25, 0.3) is 0 Å². The minimum absolute atomic E-state index is 0.509. The van der Waals surface area contributed by atoms with Gasteiger partial charge in [-0.1, -0.05) is 0 Å². The van der Waals surface area contributed by atoms with Crippen LogP contribution in [0.25, 0.3) is 0 Å². The molecule has 1 aromatic heterocycles. The standard InChI is InChI=1S/C15H26N4/c1-13(2)19-10-6-16-15(19)12-17-9-5-14(11-17)18-7-3-4-8-18/h6,10,13-14H,3-5,7-9,11-12H2,1-2H3. The highest BCUT2D eigenvalue weighted by atomic mass is 15.3. The smallest absolute Gasteiger partial charge is 0.123 e. The van der Waals surface area contributed by atoms with E-state index in [4.69, 9.17) is 0 Å². The molecular formula is C15H26N4. The lowest BCUT2D eigenvalue weighted by atomic mass is 10.2. The minimum atomic E-state index is 0.509. The molecule has 0 aliphatic carbocycles. The first kappa shape index (κ1) is 13.1. The Kier molecular flexibility index (Phi) is 3.89. The summed E-state index contributed by atoms with van der Waals surface area (Å²) in [6.07, 6.45) is 8.17. The summed E-state index contributed by atoms with van der Waals surface area (Å²) in [4.78, 5) is 9.79. The van der Waals surface area contributed by atoms with Gasteiger partial charge >= 0.3 is 0 Å². The van der Waals surface area contributed by atoms with Crippen LogP contribution in [0.5, 0.6) is 0 Å². The van der Waals surface area contributed by atoms with Crippen LogP contribution in [0.4, 0.5) is 0 Å². The van der Waals surface area contributed by atoms with Gasteiger partial charge in [0.2, 0.25) is 0 Å². The second kappa shape index (κ2) is 5.63. The van der Waals surface area contributed by atoms with E-state index in [-0.39, 0.29) is 0 Å². The van der Waals surface area contributed by atoms with Crippen molar-refractivity contribution in [3.8, 4) is 0 Å². The number of rotatable bonds is 4. The highest BCUT2D eigenvalue weighted by molar-refractivity contribution is 4.96. The van der Waals surface area contributed by atoms with Gasteiger partial charge in [0.15, 0.2) is 0 Å². The average molecular weight is 262 g/mol. The summed E-state index contributed by atoms with van der Waals surface area (Å²) in [5.41, 5.74) is 0. The molecule has 0 N–H and O–H groups in total. The van der Waals surface area contributed by atoms with E-state index in [0.29, 0.717) is 6.04 Å². The van der Waals surface area contributed by atoms with Crippen LogP contribution < -0.4 is 0 Å². The largest absolute Gasteiger partial charge is 0.331 e. The van der Waals surface area contributed by atoms with Gasteiger partial charge in [-0.15, -0.1) is 0 Å². The molecule has 4 nitrogen and oxygen atoms in total. The molecule has 4 heteroatoms. The predicted octanol–water partition coefficient (Wildman–Crippen LogP) is 2.13. The van der Waals surface area contributed by atoms with Crippen molar-refractivity contribution >= 4 is 0 Å². The molecule has 0 spiro atoms. The van der Waals surface area contributed by atoms with Crippen molar-refractivity contribution in [2.45, 2.75) is 51.7 Å². The van der Waals surface area contributed by atoms with Gasteiger partial charge in [0.1, 0.15) is 5.82 Å². The van der Waals surface area contributed by atoms with E-state index in [0.717, 1.165) is 12.6 Å². The lowest BCUT2D eigenvalue weighted by molar-refractivity contribution is 0.226. The molecule has 0 aromatic carbocycles. The van der Waals surface area contributed by atoms with E-state index in [1.807, 2.05) is 6.20 Å². The molecule has 0 bridgehead atoms. The zero-order valence-electron chi connectivity index (χ0n) is 12.3. The molecule has 3 rings (SSSR count). The summed E-state index contributed by atoms with van der Waals surface area (Å²) in [5, 5.41) is 0. The number of hydrogen-bond acceptors (Lipinski definition) is 3. The van der Waals surface area contributed by atoms with Gasteiger partial charge in [0, 0.05) is 37.6 Å². The van der Waals surface area contributed by atoms with E-state index < -0.39 is 0 Å². The molecule has 1 atom stereocenters. The third-order valence-electron chi connectivity index (χ3n) is 4.57. The fraction of sp³-hybridized carbons (Fsp3) is 0.800. The first-order valence-electron chi connectivity index (χ1n) is 7.72. The highest BCUT2D eigenvalue weighted by Gasteiger charge is 2.29. The van der Waals surface area contributed by atoms with Crippen molar-refractivity contribution in [3.63, 3.8) is 0 Å². The summed E-state index contributed by atoms with van der Waals surface area (Å²) in [5.74, 6) is 1.22. The van der Waals surface area contributed by atoms with E-state index >= 15 is 0 Å². The molecule has 2 aliphatic heterocycles. The molecular weight excluding hydrogens is 236 g/mol. The average Bonchev–Trinajstić information content (AvgIpc) is 3.09. The summed E-state index contributed by atoms with van der Waals surface area (Å²) < 4.78 is 2.29. The van der Waals surface area contributed by atoms with Crippen LogP contribution in [-0.4, -0.2) is 51.6 Å². The lowest BCUT2D eigenvalue weighted by Gasteiger charge is -2.24. The molecule has 2 fully saturated rings. The maximum atomic E-state index is 4.53. The monoisotopic (exact) mass is 262 g/mol. The van der Waals surface area contributed by atoms with Crippen LogP contribution in [0, 0.1) is 0 Å². The quantitative estimate of drug-likeness (QED) is 0.831. The Hall–Kier alpha value is -0.870. The Morgan fingerprint density at radius 2 is 2.05 bits per heavy atom. The molecule has 2 aliphatic rings. The van der Waals surface area contributed by atoms with E-state index in [1.165, 1.54) is 51.3 Å². The molecule has 1 unspecified atom stereocenters. The Morgan fingerprint density at radius 1 is 1.26 bits per heavy atom. The first-order chi connectivity index (χ1) is 9.24. The van der Waals surface area contributed by atoms with Crippen LogP contribution in [0.3, 0.4) is 0 Å². The number of nitrogens with zero attached hydrogens (tertiary/aromatic N) is 4. The van der Waals surface area contributed by atoms with E-state index in [1.54, 1.807) is 0 Å². The number of aromatic nitrogens is 2. The number of imidazole rings is 1. The van der Waals surface area contributed by atoms with Crippen LogP contribution in [0.1, 0.15) is 45.0 Å². The Balaban J connectivity index is 1.57. The summed E-state index contributed by atoms with van der Waals surface area (Å²) in [6, 6.07) is 1.31. The summed E-state index contributed by atoms with van der Waals surface area (Å²) in [6.45, 7) is 10.6. The Labute approximate surface area is 116 Å².